The van der Waals surface area contributed by atoms with Crippen LogP contribution >= 0.6 is 0 Å². The number of nitrogens with zero attached hydrogens (tertiary/aromatic N) is 1. The van der Waals surface area contributed by atoms with Crippen molar-refractivity contribution in [3.8, 4) is 0 Å². The fraction of sp³-hybridized carbons (Fsp3) is 0.846. The molecule has 5 nitrogen and oxygen atoms in total. The zero-order valence-corrected chi connectivity index (χ0v) is 11.2. The third kappa shape index (κ3) is 2.76. The predicted molar refractivity (Wildman–Crippen MR) is 65.2 cm³/mol. The van der Waals surface area contributed by atoms with E-state index in [4.69, 9.17) is 9.84 Å². The average Bonchev–Trinajstić information content (AvgIpc) is 2.86. The van der Waals surface area contributed by atoms with E-state index in [1.54, 1.807) is 4.90 Å². The van der Waals surface area contributed by atoms with Crippen LogP contribution in [-0.2, 0) is 9.53 Å². The Morgan fingerprint density at radius 1 is 1.33 bits per heavy atom. The number of carbonyl (C=O) groups excluding carboxylic acids is 1. The molecule has 3 atom stereocenters. The summed E-state index contributed by atoms with van der Waals surface area (Å²) in [6, 6.07) is 0.0564. The van der Waals surface area contributed by atoms with E-state index in [9.17, 15) is 9.59 Å². The summed E-state index contributed by atoms with van der Waals surface area (Å²) in [5.74, 6) is -0.883. The maximum absolute atomic E-state index is 12.0. The minimum absolute atomic E-state index is 0.0564. The summed E-state index contributed by atoms with van der Waals surface area (Å²) < 4.78 is 5.37. The van der Waals surface area contributed by atoms with Crippen LogP contribution < -0.4 is 0 Å². The zero-order chi connectivity index (χ0) is 13.5. The molecule has 0 unspecified atom stereocenters. The van der Waals surface area contributed by atoms with Gasteiger partial charge in [-0.3, -0.25) is 4.79 Å². The number of hydrogen-bond acceptors (Lipinski definition) is 3. The normalized spacial score (nSPS) is 31.3. The molecule has 0 spiro atoms. The van der Waals surface area contributed by atoms with Gasteiger partial charge in [0, 0.05) is 12.6 Å². The maximum atomic E-state index is 12.0. The molecule has 1 saturated heterocycles. The fourth-order valence-corrected chi connectivity index (χ4v) is 2.71. The Balaban J connectivity index is 1.96. The lowest BCUT2D eigenvalue weighted by atomic mass is 10.1. The molecule has 1 aliphatic carbocycles. The number of carbonyl (C=O) groups is 2. The second-order valence-electron chi connectivity index (χ2n) is 6.23. The monoisotopic (exact) mass is 255 g/mol. The summed E-state index contributed by atoms with van der Waals surface area (Å²) in [4.78, 5) is 24.7. The van der Waals surface area contributed by atoms with E-state index >= 15 is 0 Å². The maximum Gasteiger partial charge on any atom is 0.410 e. The van der Waals surface area contributed by atoms with Gasteiger partial charge in [0.2, 0.25) is 0 Å². The number of hydrogen-bond donors (Lipinski definition) is 1. The number of amides is 1. The molecule has 0 bridgehead atoms. The lowest BCUT2D eigenvalue weighted by molar-refractivity contribution is -0.139. The molecule has 0 aromatic carbocycles. The van der Waals surface area contributed by atoms with Crippen LogP contribution in [0.5, 0.6) is 0 Å². The zero-order valence-electron chi connectivity index (χ0n) is 11.2. The molecule has 2 fully saturated rings. The Bertz CT molecular complexity index is 360. The van der Waals surface area contributed by atoms with Crippen LogP contribution in [0.3, 0.4) is 0 Å². The Labute approximate surface area is 107 Å². The minimum Gasteiger partial charge on any atom is -0.481 e. The third-order valence-electron chi connectivity index (χ3n) is 3.58. The number of aliphatic carboxylic acids is 1. The molecule has 1 saturated carbocycles. The number of carboxylic acids is 1. The molecule has 2 aliphatic rings. The van der Waals surface area contributed by atoms with Crippen LogP contribution in [0.1, 0.15) is 40.0 Å². The lowest BCUT2D eigenvalue weighted by Gasteiger charge is -2.28. The number of carboxylic acid groups (broad SMARTS) is 1. The third-order valence-corrected chi connectivity index (χ3v) is 3.58. The van der Waals surface area contributed by atoms with Crippen molar-refractivity contribution < 1.29 is 19.4 Å². The van der Waals surface area contributed by atoms with Crippen molar-refractivity contribution in [2.45, 2.75) is 51.7 Å². The van der Waals surface area contributed by atoms with Gasteiger partial charge in [0.25, 0.3) is 0 Å². The molecular formula is C13H21NO4. The molecule has 1 N–H and O–H groups in total. The smallest absolute Gasteiger partial charge is 0.410 e. The molecule has 18 heavy (non-hydrogen) atoms. The van der Waals surface area contributed by atoms with E-state index in [1.165, 1.54) is 0 Å². The fourth-order valence-electron chi connectivity index (χ4n) is 2.71. The Kier molecular flexibility index (Phi) is 3.25. The summed E-state index contributed by atoms with van der Waals surface area (Å²) >= 11 is 0. The quantitative estimate of drug-likeness (QED) is 0.820. The molecule has 0 radical (unpaired) electrons. The van der Waals surface area contributed by atoms with Crippen LogP contribution in [0.15, 0.2) is 0 Å². The minimum atomic E-state index is -0.740. The second kappa shape index (κ2) is 4.44. The first kappa shape index (κ1) is 13.2. The van der Waals surface area contributed by atoms with Crippen LogP contribution in [0, 0.1) is 11.8 Å². The van der Waals surface area contributed by atoms with Gasteiger partial charge >= 0.3 is 12.1 Å². The van der Waals surface area contributed by atoms with Crippen LogP contribution in [0.4, 0.5) is 4.79 Å². The van der Waals surface area contributed by atoms with Crippen molar-refractivity contribution in [1.82, 2.24) is 4.90 Å². The largest absolute Gasteiger partial charge is 0.481 e. The molecule has 1 amide bonds. The van der Waals surface area contributed by atoms with Crippen molar-refractivity contribution in [2.24, 2.45) is 11.8 Å². The van der Waals surface area contributed by atoms with E-state index in [1.807, 2.05) is 20.8 Å². The van der Waals surface area contributed by atoms with Crippen molar-refractivity contribution in [3.05, 3.63) is 0 Å². The first-order valence-electron chi connectivity index (χ1n) is 6.52. The van der Waals surface area contributed by atoms with Gasteiger partial charge in [-0.25, -0.2) is 4.79 Å². The highest BCUT2D eigenvalue weighted by molar-refractivity contribution is 5.74. The Hall–Kier alpha value is -1.26. The van der Waals surface area contributed by atoms with Crippen molar-refractivity contribution in [2.75, 3.05) is 6.54 Å². The first-order valence-corrected chi connectivity index (χ1v) is 6.52. The predicted octanol–water partition coefficient (Wildman–Crippen LogP) is 2.11. The molecule has 5 heteroatoms. The molecular weight excluding hydrogens is 234 g/mol. The van der Waals surface area contributed by atoms with Gasteiger partial charge < -0.3 is 14.7 Å². The summed E-state index contributed by atoms with van der Waals surface area (Å²) in [5.41, 5.74) is -0.500. The highest BCUT2D eigenvalue weighted by Crippen LogP contribution is 2.46. The topological polar surface area (TPSA) is 66.8 Å². The number of ether oxygens (including phenoxy) is 1. The summed E-state index contributed by atoms with van der Waals surface area (Å²) in [6.07, 6.45) is 2.22. The van der Waals surface area contributed by atoms with Crippen LogP contribution in [0.2, 0.25) is 0 Å². The molecule has 0 aromatic rings. The van der Waals surface area contributed by atoms with Crippen molar-refractivity contribution in [1.29, 1.82) is 0 Å². The molecule has 1 aliphatic heterocycles. The SMILES string of the molecule is CC(C)(C)OC(=O)N1CCC[C@@H]1[C@H]1C[C@H]1C(=O)O. The summed E-state index contributed by atoms with van der Waals surface area (Å²) in [5, 5.41) is 8.96. The van der Waals surface area contributed by atoms with E-state index in [2.05, 4.69) is 0 Å². The highest BCUT2D eigenvalue weighted by atomic mass is 16.6. The molecule has 0 aromatic heterocycles. The van der Waals surface area contributed by atoms with Crippen LogP contribution in [0.25, 0.3) is 0 Å². The van der Waals surface area contributed by atoms with Gasteiger partial charge in [-0.2, -0.15) is 0 Å². The summed E-state index contributed by atoms with van der Waals surface area (Å²) in [6.45, 7) is 6.20. The Morgan fingerprint density at radius 3 is 2.50 bits per heavy atom. The van der Waals surface area contributed by atoms with Crippen molar-refractivity contribution >= 4 is 12.1 Å². The molecule has 2 rings (SSSR count). The number of likely N-dealkylation sites (tertiary alicyclic amines) is 1. The standard InChI is InChI=1S/C13H21NO4/c1-13(2,3)18-12(17)14-6-4-5-10(14)8-7-9(8)11(15)16/h8-10H,4-7H2,1-3H3,(H,15,16)/t8-,9+,10+/m0/s1. The van der Waals surface area contributed by atoms with Gasteiger partial charge in [-0.05, 0) is 46.0 Å². The summed E-state index contributed by atoms with van der Waals surface area (Å²) in [7, 11) is 0. The van der Waals surface area contributed by atoms with E-state index in [0.717, 1.165) is 12.8 Å². The van der Waals surface area contributed by atoms with E-state index < -0.39 is 11.6 Å². The van der Waals surface area contributed by atoms with Gasteiger partial charge in [-0.15, -0.1) is 0 Å². The van der Waals surface area contributed by atoms with Gasteiger partial charge in [-0.1, -0.05) is 0 Å². The number of rotatable bonds is 2. The Morgan fingerprint density at radius 2 is 2.00 bits per heavy atom. The van der Waals surface area contributed by atoms with E-state index in [0.29, 0.717) is 13.0 Å². The second-order valence-corrected chi connectivity index (χ2v) is 6.23. The molecule has 1 heterocycles. The van der Waals surface area contributed by atoms with Gasteiger partial charge in [0.15, 0.2) is 0 Å². The van der Waals surface area contributed by atoms with Gasteiger partial charge in [0.1, 0.15) is 5.60 Å². The highest BCUT2D eigenvalue weighted by Gasteiger charge is 2.52. The van der Waals surface area contributed by atoms with Crippen LogP contribution in [-0.4, -0.2) is 40.3 Å². The van der Waals surface area contributed by atoms with Crippen molar-refractivity contribution in [3.63, 3.8) is 0 Å². The lowest BCUT2D eigenvalue weighted by Crippen LogP contribution is -2.41. The van der Waals surface area contributed by atoms with E-state index in [-0.39, 0.29) is 24.0 Å². The first-order chi connectivity index (χ1) is 8.29. The molecule has 102 valence electrons. The van der Waals surface area contributed by atoms with Gasteiger partial charge in [0.05, 0.1) is 5.92 Å². The average molecular weight is 255 g/mol.